The number of hydrogen-bond acceptors (Lipinski definition) is 13. The number of halogens is 4. The number of fused-ring (bicyclic) bond motifs is 1. The number of allylic oxidation sites excluding steroid dienone is 1. The molecule has 5 N–H and O–H groups in total. The van der Waals surface area contributed by atoms with E-state index in [0.717, 1.165) is 32.9 Å². The molecule has 22 heteroatoms. The van der Waals surface area contributed by atoms with Crippen molar-refractivity contribution in [3.8, 4) is 0 Å². The summed E-state index contributed by atoms with van der Waals surface area (Å²) in [5.74, 6) is -5.41. The number of carbonyl (C=O) groups excluding carboxylic acids is 3. The standard InChI is InChI=1S/C40H31ClN8O6S2.C2HF3O2/c41-29-16-17-30(46-45-29)48-19-18-23(35(48)51)20-24-21-56-37-32(36(52)49(37)33(24)38(53)54)44-34(50)31(28-22-57-39(42)43-28)47-55-40(25-10-4-1-5-11-25,26-12-6-2-7-13-26)27-14-8-3-9-15-27;3-2(4,5)1(6)7/h1-17,20,22,32,37H,18-19,21H2,(H2,42,43)(H,44,50)(H,53,54);(H,6,7)/t32-,37-;/m1./s1. The number of carbonyl (C=O) groups is 5. The van der Waals surface area contributed by atoms with E-state index < -0.39 is 46.9 Å². The number of carboxylic acid groups (broad SMARTS) is 2. The van der Waals surface area contributed by atoms with E-state index in [-0.39, 0.29) is 39.0 Å². The maximum atomic E-state index is 14.2. The van der Waals surface area contributed by atoms with Crippen molar-refractivity contribution in [2.75, 3.05) is 22.9 Å². The molecule has 2 atom stereocenters. The highest BCUT2D eigenvalue weighted by molar-refractivity contribution is 8.00. The zero-order valence-electron chi connectivity index (χ0n) is 32.7. The lowest BCUT2D eigenvalue weighted by atomic mass is 9.80. The van der Waals surface area contributed by atoms with Crippen LogP contribution >= 0.6 is 34.7 Å². The van der Waals surface area contributed by atoms with E-state index in [1.807, 2.05) is 91.0 Å². The van der Waals surface area contributed by atoms with Gasteiger partial charge in [-0.2, -0.15) is 13.2 Å². The highest BCUT2D eigenvalue weighted by atomic mass is 35.5. The molecule has 5 heterocycles. The number of hydrogen-bond donors (Lipinski definition) is 4. The van der Waals surface area contributed by atoms with Gasteiger partial charge in [0.1, 0.15) is 22.8 Å². The van der Waals surface area contributed by atoms with Crippen LogP contribution in [0.5, 0.6) is 0 Å². The molecule has 2 saturated heterocycles. The smallest absolute Gasteiger partial charge is 0.477 e. The second-order valence-electron chi connectivity index (χ2n) is 13.8. The summed E-state index contributed by atoms with van der Waals surface area (Å²) in [7, 11) is 0. The molecule has 3 aliphatic heterocycles. The number of amides is 3. The predicted molar refractivity (Wildman–Crippen MR) is 229 cm³/mol. The van der Waals surface area contributed by atoms with Crippen molar-refractivity contribution in [1.82, 2.24) is 25.4 Å². The van der Waals surface area contributed by atoms with Gasteiger partial charge in [0, 0.05) is 39.9 Å². The molecule has 3 aromatic carbocycles. The molecule has 0 aliphatic carbocycles. The van der Waals surface area contributed by atoms with Gasteiger partial charge < -0.3 is 26.1 Å². The fourth-order valence-corrected chi connectivity index (χ4v) is 8.94. The van der Waals surface area contributed by atoms with Gasteiger partial charge in [0.15, 0.2) is 21.8 Å². The van der Waals surface area contributed by atoms with Gasteiger partial charge in [-0.05, 0) is 30.2 Å². The minimum atomic E-state index is -5.08. The van der Waals surface area contributed by atoms with Gasteiger partial charge >= 0.3 is 18.1 Å². The molecule has 3 amide bonds. The molecule has 0 radical (unpaired) electrons. The van der Waals surface area contributed by atoms with Gasteiger partial charge in [-0.25, -0.2) is 14.6 Å². The third kappa shape index (κ3) is 9.17. The Balaban J connectivity index is 0.000000809. The fourth-order valence-electron chi connectivity index (χ4n) is 6.99. The molecule has 328 valence electrons. The van der Waals surface area contributed by atoms with Gasteiger partial charge in [0.05, 0.1) is 0 Å². The van der Waals surface area contributed by atoms with Crippen molar-refractivity contribution < 1.29 is 52.2 Å². The number of thioether (sulfide) groups is 1. The quantitative estimate of drug-likeness (QED) is 0.0415. The number of nitrogen functional groups attached to an aromatic ring is 1. The topological polar surface area (TPSA) is 231 Å². The van der Waals surface area contributed by atoms with Crippen molar-refractivity contribution in [2.45, 2.75) is 29.6 Å². The Kier molecular flexibility index (Phi) is 13.1. The molecule has 8 rings (SSSR count). The molecular weight excluding hydrogens is 901 g/mol. The average Bonchev–Trinajstić information content (AvgIpc) is 3.89. The highest BCUT2D eigenvalue weighted by Crippen LogP contribution is 2.43. The van der Waals surface area contributed by atoms with E-state index in [1.165, 1.54) is 28.8 Å². The second kappa shape index (κ2) is 18.7. The van der Waals surface area contributed by atoms with Gasteiger partial charge in [-0.3, -0.25) is 24.2 Å². The summed E-state index contributed by atoms with van der Waals surface area (Å²) in [5, 5.41) is 33.7. The Morgan fingerprint density at radius 1 is 0.906 bits per heavy atom. The van der Waals surface area contributed by atoms with E-state index in [9.17, 15) is 37.5 Å². The monoisotopic (exact) mass is 932 g/mol. The Labute approximate surface area is 373 Å². The van der Waals surface area contributed by atoms with E-state index >= 15 is 0 Å². The van der Waals surface area contributed by atoms with E-state index in [2.05, 4.69) is 25.7 Å². The first-order chi connectivity index (χ1) is 30.6. The van der Waals surface area contributed by atoms with Crippen LogP contribution in [-0.2, 0) is 34.4 Å². The van der Waals surface area contributed by atoms with Crippen molar-refractivity contribution >= 4 is 81.0 Å². The molecular formula is C42H32ClF3N8O8S2. The number of aliphatic carboxylic acids is 2. The lowest BCUT2D eigenvalue weighted by Crippen LogP contribution is -2.71. The Hall–Kier alpha value is -7.10. The first kappa shape index (κ1) is 44.9. The van der Waals surface area contributed by atoms with Crippen molar-refractivity contribution in [1.29, 1.82) is 0 Å². The second-order valence-corrected chi connectivity index (χ2v) is 16.2. The number of alkyl halides is 3. The summed E-state index contributed by atoms with van der Waals surface area (Å²) in [6.07, 6.45) is -3.24. The van der Waals surface area contributed by atoms with Gasteiger partial charge in [-0.15, -0.1) is 33.3 Å². The van der Waals surface area contributed by atoms with Crippen LogP contribution in [0.3, 0.4) is 0 Å². The van der Waals surface area contributed by atoms with Crippen LogP contribution < -0.4 is 16.0 Å². The minimum absolute atomic E-state index is 0.123. The average molecular weight is 933 g/mol. The molecule has 0 unspecified atom stereocenters. The number of carboxylic acids is 2. The van der Waals surface area contributed by atoms with Gasteiger partial charge in [0.2, 0.25) is 5.60 Å². The van der Waals surface area contributed by atoms with Crippen LogP contribution in [0, 0.1) is 0 Å². The number of oxime groups is 1. The summed E-state index contributed by atoms with van der Waals surface area (Å²) in [4.78, 5) is 76.3. The third-order valence-corrected chi connectivity index (χ3v) is 12.1. The Bertz CT molecular complexity index is 2590. The number of anilines is 2. The Morgan fingerprint density at radius 2 is 1.48 bits per heavy atom. The number of thiazole rings is 1. The largest absolute Gasteiger partial charge is 0.490 e. The molecule has 16 nitrogen and oxygen atoms in total. The number of benzene rings is 3. The lowest BCUT2D eigenvalue weighted by molar-refractivity contribution is -0.192. The molecule has 64 heavy (non-hydrogen) atoms. The van der Waals surface area contributed by atoms with Crippen molar-refractivity contribution in [3.63, 3.8) is 0 Å². The first-order valence-electron chi connectivity index (χ1n) is 18.8. The maximum Gasteiger partial charge on any atom is 0.490 e. The third-order valence-electron chi connectivity index (χ3n) is 9.89. The van der Waals surface area contributed by atoms with Crippen LogP contribution in [0.25, 0.3) is 0 Å². The normalized spacial score (nSPS) is 18.2. The van der Waals surface area contributed by atoms with Crippen LogP contribution in [0.4, 0.5) is 24.1 Å². The lowest BCUT2D eigenvalue weighted by Gasteiger charge is -2.49. The van der Waals surface area contributed by atoms with Crippen LogP contribution in [0.2, 0.25) is 5.15 Å². The highest BCUT2D eigenvalue weighted by Gasteiger charge is 2.54. The summed E-state index contributed by atoms with van der Waals surface area (Å²) in [6.45, 7) is 0.310. The maximum absolute atomic E-state index is 14.2. The molecule has 3 aliphatic rings. The summed E-state index contributed by atoms with van der Waals surface area (Å²) in [5.41, 5.74) is 7.15. The molecule has 5 aromatic rings. The first-order valence-corrected chi connectivity index (χ1v) is 21.1. The number of nitrogens with two attached hydrogens (primary N) is 1. The summed E-state index contributed by atoms with van der Waals surface area (Å²) in [6, 6.07) is 30.4. The zero-order chi connectivity index (χ0) is 45.8. The van der Waals surface area contributed by atoms with Crippen LogP contribution in [0.15, 0.2) is 137 Å². The van der Waals surface area contributed by atoms with E-state index in [4.69, 9.17) is 32.1 Å². The van der Waals surface area contributed by atoms with Crippen LogP contribution in [-0.4, -0.2) is 95.6 Å². The number of β-lactam (4-membered cyclic amide) rings is 1. The number of nitrogens with zero attached hydrogens (tertiary/aromatic N) is 6. The zero-order valence-corrected chi connectivity index (χ0v) is 35.1. The Morgan fingerprint density at radius 3 is 1.97 bits per heavy atom. The van der Waals surface area contributed by atoms with E-state index in [0.29, 0.717) is 29.9 Å². The number of aromatic nitrogens is 3. The molecule has 2 fully saturated rings. The van der Waals surface area contributed by atoms with Crippen molar-refractivity contribution in [3.05, 3.63) is 159 Å². The number of rotatable bonds is 11. The van der Waals surface area contributed by atoms with Gasteiger partial charge in [-0.1, -0.05) is 108 Å². The minimum Gasteiger partial charge on any atom is -0.477 e. The SMILES string of the molecule is Nc1nc(C(=NOC(c2ccccc2)(c2ccccc2)c2ccccc2)C(=O)N[C@@H]2C(=O)N3C(C(=O)O)=C(C=C4CCN(c5ccc(Cl)nn5)C4=O)CS[C@H]23)cs1.O=C(O)C(F)(F)F. The summed E-state index contributed by atoms with van der Waals surface area (Å²) < 4.78 is 31.7. The molecule has 0 bridgehead atoms. The molecule has 2 aromatic heterocycles. The fraction of sp³-hybridized carbons (Fsp3) is 0.167. The van der Waals surface area contributed by atoms with Gasteiger partial charge in [0.25, 0.3) is 17.7 Å². The van der Waals surface area contributed by atoms with Crippen molar-refractivity contribution in [2.24, 2.45) is 5.16 Å². The number of nitrogens with one attached hydrogen (secondary N) is 1. The molecule has 0 saturated carbocycles. The van der Waals surface area contributed by atoms with E-state index in [1.54, 1.807) is 11.4 Å². The molecule has 0 spiro atoms. The summed E-state index contributed by atoms with van der Waals surface area (Å²) >= 11 is 8.21. The van der Waals surface area contributed by atoms with Crippen LogP contribution in [0.1, 0.15) is 28.8 Å². The predicted octanol–water partition coefficient (Wildman–Crippen LogP) is 5.62.